The molecule has 0 amide bonds. The van der Waals surface area contributed by atoms with Crippen molar-refractivity contribution < 1.29 is 24.2 Å². The number of alkyl halides is 1. The van der Waals surface area contributed by atoms with Gasteiger partial charge in [-0.2, -0.15) is 0 Å². The maximum Gasteiger partial charge on any atom is 0.161 e. The molecule has 4 rings (SSSR count). The van der Waals surface area contributed by atoms with Crippen molar-refractivity contribution in [3.8, 4) is 0 Å². The number of allylic oxidation sites excluding steroid dienone is 1. The summed E-state index contributed by atoms with van der Waals surface area (Å²) >= 11 is 0. The van der Waals surface area contributed by atoms with Crippen LogP contribution in [0.15, 0.2) is 11.6 Å². The molecular formula is C22H31FO4. The Morgan fingerprint density at radius 3 is 2.56 bits per heavy atom. The van der Waals surface area contributed by atoms with Gasteiger partial charge in [0.05, 0.1) is 6.10 Å². The van der Waals surface area contributed by atoms with Crippen molar-refractivity contribution in [1.82, 2.24) is 0 Å². The molecule has 0 saturated heterocycles. The maximum atomic E-state index is 16.9. The molecule has 2 N–H and O–H groups in total. The molecule has 27 heavy (non-hydrogen) atoms. The van der Waals surface area contributed by atoms with Crippen LogP contribution >= 0.6 is 0 Å². The zero-order valence-corrected chi connectivity index (χ0v) is 16.7. The van der Waals surface area contributed by atoms with Crippen LogP contribution in [0.2, 0.25) is 0 Å². The topological polar surface area (TPSA) is 74.6 Å². The van der Waals surface area contributed by atoms with Crippen molar-refractivity contribution >= 4 is 11.6 Å². The van der Waals surface area contributed by atoms with Gasteiger partial charge in [0, 0.05) is 23.2 Å². The first-order chi connectivity index (χ1) is 12.4. The van der Waals surface area contributed by atoms with Crippen molar-refractivity contribution in [1.29, 1.82) is 0 Å². The fourth-order valence-corrected chi connectivity index (χ4v) is 7.55. The Bertz CT molecular complexity index is 747. The number of rotatable bonds is 1. The van der Waals surface area contributed by atoms with E-state index in [0.29, 0.717) is 32.1 Å². The third-order valence-corrected chi connectivity index (χ3v) is 9.10. The lowest BCUT2D eigenvalue weighted by Gasteiger charge is -2.64. The Kier molecular flexibility index (Phi) is 3.93. The Labute approximate surface area is 160 Å². The van der Waals surface area contributed by atoms with E-state index < -0.39 is 34.1 Å². The van der Waals surface area contributed by atoms with E-state index in [9.17, 15) is 19.8 Å². The second-order valence-corrected chi connectivity index (χ2v) is 10.1. The van der Waals surface area contributed by atoms with Gasteiger partial charge in [-0.1, -0.05) is 26.3 Å². The van der Waals surface area contributed by atoms with Crippen LogP contribution in [0.4, 0.5) is 4.39 Å². The molecule has 8 atom stereocenters. The average molecular weight is 378 g/mol. The zero-order valence-electron chi connectivity index (χ0n) is 16.7. The van der Waals surface area contributed by atoms with Gasteiger partial charge in [0.1, 0.15) is 11.3 Å². The smallest absolute Gasteiger partial charge is 0.161 e. The Hall–Kier alpha value is -1.07. The van der Waals surface area contributed by atoms with Crippen molar-refractivity contribution in [3.63, 3.8) is 0 Å². The van der Waals surface area contributed by atoms with Gasteiger partial charge in [0.25, 0.3) is 0 Å². The van der Waals surface area contributed by atoms with E-state index in [1.807, 2.05) is 20.8 Å². The molecule has 4 aliphatic rings. The van der Waals surface area contributed by atoms with E-state index in [1.54, 1.807) is 6.08 Å². The van der Waals surface area contributed by atoms with E-state index >= 15 is 4.39 Å². The van der Waals surface area contributed by atoms with Crippen molar-refractivity contribution in [3.05, 3.63) is 11.6 Å². The van der Waals surface area contributed by atoms with Gasteiger partial charge < -0.3 is 10.2 Å². The third kappa shape index (κ3) is 2.05. The molecule has 0 bridgehead atoms. The molecule has 3 fully saturated rings. The number of aliphatic hydroxyl groups is 2. The molecule has 4 aliphatic carbocycles. The molecular weight excluding hydrogens is 347 g/mol. The number of halogens is 1. The summed E-state index contributed by atoms with van der Waals surface area (Å²) in [6.45, 7) is 7.16. The summed E-state index contributed by atoms with van der Waals surface area (Å²) in [5, 5.41) is 22.3. The molecule has 0 aromatic carbocycles. The molecule has 0 aromatic heterocycles. The summed E-state index contributed by atoms with van der Waals surface area (Å²) in [5.41, 5.74) is -4.19. The molecule has 4 nitrogen and oxygen atoms in total. The first kappa shape index (κ1) is 19.3. The number of carbonyl (C=O) groups excluding carboxylic acids is 2. The first-order valence-corrected chi connectivity index (χ1v) is 10.3. The van der Waals surface area contributed by atoms with E-state index in [0.717, 1.165) is 5.57 Å². The van der Waals surface area contributed by atoms with E-state index in [2.05, 4.69) is 0 Å². The van der Waals surface area contributed by atoms with Crippen LogP contribution in [0.25, 0.3) is 0 Å². The molecule has 0 heterocycles. The number of hydrogen-bond acceptors (Lipinski definition) is 4. The van der Waals surface area contributed by atoms with Crippen LogP contribution in [-0.4, -0.2) is 39.2 Å². The average Bonchev–Trinajstić information content (AvgIpc) is 2.85. The Balaban J connectivity index is 1.85. The van der Waals surface area contributed by atoms with E-state index in [-0.39, 0.29) is 29.8 Å². The standard InChI is InChI=1S/C22H31FO4/c1-12-9-17-15-6-8-21(27,13(2)24)20(15,4)11-18(26)22(17,23)19(3)7-5-14(25)10-16(12)19/h10,12,15,17-18,26-27H,5-9,11H2,1-4H3/t12-,15?,17?,18-,19-,20-,21-,22-/m0/s1. The monoisotopic (exact) mass is 378 g/mol. The summed E-state index contributed by atoms with van der Waals surface area (Å²) in [6, 6.07) is 0. The van der Waals surface area contributed by atoms with Crippen molar-refractivity contribution in [2.24, 2.45) is 28.6 Å². The number of aliphatic hydroxyl groups excluding tert-OH is 1. The van der Waals surface area contributed by atoms with Crippen LogP contribution in [-0.2, 0) is 9.59 Å². The number of ketones is 2. The molecule has 5 heteroatoms. The predicted molar refractivity (Wildman–Crippen MR) is 98.6 cm³/mol. The predicted octanol–water partition coefficient (Wildman–Crippen LogP) is 3.15. The van der Waals surface area contributed by atoms with Crippen molar-refractivity contribution in [2.45, 2.75) is 83.6 Å². The van der Waals surface area contributed by atoms with Crippen LogP contribution in [0.3, 0.4) is 0 Å². The molecule has 0 spiro atoms. The van der Waals surface area contributed by atoms with Gasteiger partial charge in [-0.05, 0) is 56.9 Å². The minimum Gasteiger partial charge on any atom is -0.390 e. The van der Waals surface area contributed by atoms with Gasteiger partial charge >= 0.3 is 0 Å². The number of hydrogen-bond donors (Lipinski definition) is 2. The van der Waals surface area contributed by atoms with Crippen LogP contribution in [0.5, 0.6) is 0 Å². The Morgan fingerprint density at radius 2 is 1.93 bits per heavy atom. The van der Waals surface area contributed by atoms with Gasteiger partial charge in [-0.25, -0.2) is 4.39 Å². The van der Waals surface area contributed by atoms with Crippen LogP contribution in [0, 0.1) is 28.6 Å². The van der Waals surface area contributed by atoms with E-state index in [4.69, 9.17) is 0 Å². The normalized spacial score (nSPS) is 54.6. The fraction of sp³-hybridized carbons (Fsp3) is 0.818. The lowest BCUT2D eigenvalue weighted by Crippen LogP contribution is -2.70. The van der Waals surface area contributed by atoms with Gasteiger partial charge in [-0.15, -0.1) is 0 Å². The summed E-state index contributed by atoms with van der Waals surface area (Å²) in [7, 11) is 0. The highest BCUT2D eigenvalue weighted by Gasteiger charge is 2.74. The van der Waals surface area contributed by atoms with Crippen LogP contribution < -0.4 is 0 Å². The quantitative estimate of drug-likeness (QED) is 0.735. The minimum atomic E-state index is -1.84. The largest absolute Gasteiger partial charge is 0.390 e. The number of fused-ring (bicyclic) bond motifs is 5. The second kappa shape index (κ2) is 5.50. The van der Waals surface area contributed by atoms with Crippen molar-refractivity contribution in [2.75, 3.05) is 0 Å². The lowest BCUT2D eigenvalue weighted by atomic mass is 9.42. The maximum absolute atomic E-state index is 16.9. The molecule has 2 unspecified atom stereocenters. The SMILES string of the molecule is CC(=O)[C@@]1(O)CCC2C3C[C@H](C)C4=CC(=O)CC[C@]4(C)[C@@]3(F)[C@@H](O)C[C@@]21C. The van der Waals surface area contributed by atoms with Crippen LogP contribution in [0.1, 0.15) is 66.2 Å². The minimum absolute atomic E-state index is 0.0401. The summed E-state index contributed by atoms with van der Waals surface area (Å²) in [5.74, 6) is -0.778. The molecule has 3 saturated carbocycles. The van der Waals surface area contributed by atoms with Gasteiger partial charge in [-0.3, -0.25) is 9.59 Å². The highest BCUT2D eigenvalue weighted by atomic mass is 19.1. The molecule has 150 valence electrons. The number of carbonyl (C=O) groups is 2. The summed E-state index contributed by atoms with van der Waals surface area (Å²) in [6.07, 6.45) is 2.60. The van der Waals surface area contributed by atoms with E-state index in [1.165, 1.54) is 6.92 Å². The first-order valence-electron chi connectivity index (χ1n) is 10.3. The molecule has 0 aromatic rings. The number of Topliss-reactive ketones (excluding diaryl/α,β-unsaturated/α-hetero) is 1. The van der Waals surface area contributed by atoms with Gasteiger partial charge in [0.2, 0.25) is 0 Å². The summed E-state index contributed by atoms with van der Waals surface area (Å²) < 4.78 is 16.9. The fourth-order valence-electron chi connectivity index (χ4n) is 7.55. The Morgan fingerprint density at radius 1 is 1.26 bits per heavy atom. The third-order valence-electron chi connectivity index (χ3n) is 9.10. The lowest BCUT2D eigenvalue weighted by molar-refractivity contribution is -0.230. The van der Waals surface area contributed by atoms with Gasteiger partial charge in [0.15, 0.2) is 11.6 Å². The highest BCUT2D eigenvalue weighted by molar-refractivity contribution is 5.92. The highest BCUT2D eigenvalue weighted by Crippen LogP contribution is 2.71. The molecule has 0 aliphatic heterocycles. The second-order valence-electron chi connectivity index (χ2n) is 10.1. The summed E-state index contributed by atoms with van der Waals surface area (Å²) in [4.78, 5) is 24.3. The molecule has 0 radical (unpaired) electrons. The zero-order chi connectivity index (χ0) is 20.0.